The molecule has 1 nitrogen and oxygen atoms in total. The highest BCUT2D eigenvalue weighted by atomic mass is 35.5. The zero-order chi connectivity index (χ0) is 14.4. The van der Waals surface area contributed by atoms with Crippen LogP contribution in [0.1, 0.15) is 51.6 Å². The SMILES string of the molecule is CCCC(C)CC(NCC)c1cc(F)c(Cl)cc1F. The quantitative estimate of drug-likeness (QED) is 0.689. The van der Waals surface area contributed by atoms with Gasteiger partial charge in [0, 0.05) is 11.6 Å². The maximum atomic E-state index is 13.9. The second kappa shape index (κ2) is 7.81. The van der Waals surface area contributed by atoms with Gasteiger partial charge in [0.1, 0.15) is 11.6 Å². The van der Waals surface area contributed by atoms with E-state index < -0.39 is 11.6 Å². The Balaban J connectivity index is 2.95. The molecule has 0 heterocycles. The van der Waals surface area contributed by atoms with Gasteiger partial charge in [0.05, 0.1) is 5.02 Å². The fourth-order valence-electron chi connectivity index (χ4n) is 2.38. The van der Waals surface area contributed by atoms with Crippen LogP contribution < -0.4 is 5.32 Å². The lowest BCUT2D eigenvalue weighted by molar-refractivity contribution is 0.385. The number of benzene rings is 1. The molecule has 19 heavy (non-hydrogen) atoms. The smallest absolute Gasteiger partial charge is 0.142 e. The molecule has 0 bridgehead atoms. The van der Waals surface area contributed by atoms with Crippen LogP contribution in [0.2, 0.25) is 5.02 Å². The molecule has 1 N–H and O–H groups in total. The molecular formula is C15H22ClF2N. The zero-order valence-electron chi connectivity index (χ0n) is 11.8. The van der Waals surface area contributed by atoms with Gasteiger partial charge in [-0.2, -0.15) is 0 Å². The van der Waals surface area contributed by atoms with Crippen molar-refractivity contribution in [2.45, 2.75) is 46.1 Å². The number of nitrogens with one attached hydrogen (secondary N) is 1. The minimum Gasteiger partial charge on any atom is -0.310 e. The van der Waals surface area contributed by atoms with Crippen LogP contribution in [0.4, 0.5) is 8.78 Å². The molecule has 0 fully saturated rings. The first kappa shape index (κ1) is 16.4. The van der Waals surface area contributed by atoms with E-state index in [-0.39, 0.29) is 11.1 Å². The predicted octanol–water partition coefficient (Wildman–Crippen LogP) is 5.10. The average molecular weight is 290 g/mol. The van der Waals surface area contributed by atoms with Crippen LogP contribution in [0.5, 0.6) is 0 Å². The van der Waals surface area contributed by atoms with E-state index in [0.717, 1.165) is 25.3 Å². The molecule has 0 aromatic heterocycles. The Bertz CT molecular complexity index is 409. The minimum absolute atomic E-state index is 0.168. The number of hydrogen-bond donors (Lipinski definition) is 1. The highest BCUT2D eigenvalue weighted by Gasteiger charge is 2.19. The first-order valence-corrected chi connectivity index (χ1v) is 7.25. The highest BCUT2D eigenvalue weighted by Crippen LogP contribution is 2.29. The summed E-state index contributed by atoms with van der Waals surface area (Å²) in [5.74, 6) is -0.544. The number of halogens is 3. The molecule has 0 radical (unpaired) electrons. The summed E-state index contributed by atoms with van der Waals surface area (Å²) < 4.78 is 27.5. The van der Waals surface area contributed by atoms with E-state index in [1.165, 1.54) is 6.07 Å². The van der Waals surface area contributed by atoms with Crippen LogP contribution in [0.25, 0.3) is 0 Å². The molecular weight excluding hydrogens is 268 g/mol. The van der Waals surface area contributed by atoms with Crippen LogP contribution >= 0.6 is 11.6 Å². The van der Waals surface area contributed by atoms with E-state index in [1.54, 1.807) is 0 Å². The van der Waals surface area contributed by atoms with Crippen molar-refractivity contribution in [3.63, 3.8) is 0 Å². The normalized spacial score (nSPS) is 14.4. The molecule has 1 aromatic rings. The van der Waals surface area contributed by atoms with E-state index in [2.05, 4.69) is 19.2 Å². The van der Waals surface area contributed by atoms with Gasteiger partial charge in [-0.1, -0.05) is 45.2 Å². The first-order chi connectivity index (χ1) is 8.99. The zero-order valence-corrected chi connectivity index (χ0v) is 12.5. The van der Waals surface area contributed by atoms with Crippen molar-refractivity contribution >= 4 is 11.6 Å². The van der Waals surface area contributed by atoms with E-state index in [9.17, 15) is 8.78 Å². The fourth-order valence-corrected chi connectivity index (χ4v) is 2.54. The van der Waals surface area contributed by atoms with Crippen molar-refractivity contribution < 1.29 is 8.78 Å². The molecule has 0 aliphatic rings. The number of rotatable bonds is 7. The van der Waals surface area contributed by atoms with E-state index in [0.29, 0.717) is 18.0 Å². The summed E-state index contributed by atoms with van der Waals surface area (Å²) in [6, 6.07) is 2.10. The maximum Gasteiger partial charge on any atom is 0.142 e. The molecule has 0 aliphatic carbocycles. The number of hydrogen-bond acceptors (Lipinski definition) is 1. The van der Waals surface area contributed by atoms with Gasteiger partial charge in [0.25, 0.3) is 0 Å². The van der Waals surface area contributed by atoms with E-state index in [4.69, 9.17) is 11.6 Å². The molecule has 0 amide bonds. The van der Waals surface area contributed by atoms with Crippen molar-refractivity contribution in [3.05, 3.63) is 34.4 Å². The van der Waals surface area contributed by atoms with E-state index >= 15 is 0 Å². The second-order valence-corrected chi connectivity index (χ2v) is 5.43. The van der Waals surface area contributed by atoms with Gasteiger partial charge >= 0.3 is 0 Å². The largest absolute Gasteiger partial charge is 0.310 e. The fraction of sp³-hybridized carbons (Fsp3) is 0.600. The van der Waals surface area contributed by atoms with Gasteiger partial charge in [-0.3, -0.25) is 0 Å². The Morgan fingerprint density at radius 3 is 2.47 bits per heavy atom. The standard InChI is InChI=1S/C15H22ClF2N/c1-4-6-10(3)7-15(19-5-2)11-8-14(18)12(16)9-13(11)17/h8-10,15,19H,4-7H2,1-3H3. The Labute approximate surface area is 119 Å². The molecule has 0 saturated heterocycles. The summed E-state index contributed by atoms with van der Waals surface area (Å²) in [4.78, 5) is 0. The summed E-state index contributed by atoms with van der Waals surface area (Å²) in [6.45, 7) is 6.94. The summed E-state index contributed by atoms with van der Waals surface area (Å²) in [5.41, 5.74) is 0.367. The third kappa shape index (κ3) is 4.73. The molecule has 4 heteroatoms. The minimum atomic E-state index is -0.566. The van der Waals surface area contributed by atoms with Crippen LogP contribution in [0.15, 0.2) is 12.1 Å². The molecule has 0 spiro atoms. The van der Waals surface area contributed by atoms with Gasteiger partial charge in [0.2, 0.25) is 0 Å². The van der Waals surface area contributed by atoms with Crippen molar-refractivity contribution in [2.75, 3.05) is 6.54 Å². The average Bonchev–Trinajstić information content (AvgIpc) is 2.33. The summed E-state index contributed by atoms with van der Waals surface area (Å²) in [5, 5.41) is 3.06. The maximum absolute atomic E-state index is 13.9. The molecule has 1 aromatic carbocycles. The van der Waals surface area contributed by atoms with Gasteiger partial charge < -0.3 is 5.32 Å². The topological polar surface area (TPSA) is 12.0 Å². The van der Waals surface area contributed by atoms with Crippen LogP contribution in [-0.4, -0.2) is 6.54 Å². The molecule has 2 atom stereocenters. The van der Waals surface area contributed by atoms with Crippen LogP contribution in [-0.2, 0) is 0 Å². The monoisotopic (exact) mass is 289 g/mol. The lowest BCUT2D eigenvalue weighted by Crippen LogP contribution is -2.24. The van der Waals surface area contributed by atoms with E-state index in [1.807, 2.05) is 6.92 Å². The highest BCUT2D eigenvalue weighted by molar-refractivity contribution is 6.30. The third-order valence-electron chi connectivity index (χ3n) is 3.29. The van der Waals surface area contributed by atoms with Gasteiger partial charge in [-0.25, -0.2) is 8.78 Å². The summed E-state index contributed by atoms with van der Waals surface area (Å²) in [6.07, 6.45) is 2.97. The predicted molar refractivity (Wildman–Crippen MR) is 76.5 cm³/mol. The lowest BCUT2D eigenvalue weighted by atomic mass is 9.92. The van der Waals surface area contributed by atoms with Gasteiger partial charge in [0.15, 0.2) is 0 Å². The van der Waals surface area contributed by atoms with Crippen molar-refractivity contribution in [1.29, 1.82) is 0 Å². The van der Waals surface area contributed by atoms with Crippen LogP contribution in [0.3, 0.4) is 0 Å². The van der Waals surface area contributed by atoms with Gasteiger partial charge in [-0.05, 0) is 31.0 Å². The molecule has 0 aliphatic heterocycles. The third-order valence-corrected chi connectivity index (χ3v) is 3.57. The van der Waals surface area contributed by atoms with Crippen molar-refractivity contribution in [2.24, 2.45) is 5.92 Å². The van der Waals surface area contributed by atoms with Crippen molar-refractivity contribution in [1.82, 2.24) is 5.32 Å². The lowest BCUT2D eigenvalue weighted by Gasteiger charge is -2.22. The summed E-state index contributed by atoms with van der Waals surface area (Å²) >= 11 is 5.59. The first-order valence-electron chi connectivity index (χ1n) is 6.87. The Kier molecular flexibility index (Phi) is 6.73. The Morgan fingerprint density at radius 1 is 1.21 bits per heavy atom. The molecule has 0 saturated carbocycles. The Morgan fingerprint density at radius 2 is 1.89 bits per heavy atom. The van der Waals surface area contributed by atoms with Crippen molar-refractivity contribution in [3.8, 4) is 0 Å². The second-order valence-electron chi connectivity index (χ2n) is 5.03. The molecule has 1 rings (SSSR count). The van der Waals surface area contributed by atoms with Gasteiger partial charge in [-0.15, -0.1) is 0 Å². The van der Waals surface area contributed by atoms with Crippen LogP contribution in [0, 0.1) is 17.6 Å². The molecule has 108 valence electrons. The molecule has 2 unspecified atom stereocenters. The summed E-state index contributed by atoms with van der Waals surface area (Å²) in [7, 11) is 0. The Hall–Kier alpha value is -0.670.